The van der Waals surface area contributed by atoms with Crippen molar-refractivity contribution < 1.29 is 4.79 Å². The fraction of sp³-hybridized carbons (Fsp3) is 0.0833. The Hall–Kier alpha value is -2.14. The van der Waals surface area contributed by atoms with E-state index < -0.39 is 0 Å². The lowest BCUT2D eigenvalue weighted by Crippen LogP contribution is -2.17. The molecule has 0 spiro atoms. The van der Waals surface area contributed by atoms with Gasteiger partial charge in [0.15, 0.2) is 0 Å². The highest BCUT2D eigenvalue weighted by Gasteiger charge is 2.04. The van der Waals surface area contributed by atoms with Crippen molar-refractivity contribution in [3.8, 4) is 0 Å². The number of carbonyl (C=O) groups excluding carboxylic acids is 1. The van der Waals surface area contributed by atoms with Crippen LogP contribution in [0.4, 0.5) is 11.5 Å². The molecule has 0 aliphatic rings. The maximum absolute atomic E-state index is 11.5. The summed E-state index contributed by atoms with van der Waals surface area (Å²) in [5, 5.41) is 5.79. The van der Waals surface area contributed by atoms with Crippen LogP contribution in [0.1, 0.15) is 10.4 Å². The third kappa shape index (κ3) is 2.95. The fourth-order valence-electron chi connectivity index (χ4n) is 1.43. The number of amides is 1. The van der Waals surface area contributed by atoms with E-state index in [1.165, 1.54) is 0 Å². The molecule has 1 aromatic carbocycles. The van der Waals surface area contributed by atoms with Gasteiger partial charge >= 0.3 is 0 Å². The summed E-state index contributed by atoms with van der Waals surface area (Å²) in [6.07, 6.45) is 1.56. The molecule has 1 amide bonds. The number of anilines is 2. The molecule has 0 radical (unpaired) electrons. The highest BCUT2D eigenvalue weighted by atomic mass is 35.5. The zero-order valence-corrected chi connectivity index (χ0v) is 10.4. The Labute approximate surface area is 109 Å². The molecule has 0 saturated heterocycles. The largest absolute Gasteiger partial charge is 0.355 e. The summed E-state index contributed by atoms with van der Waals surface area (Å²) < 4.78 is 0. The molecular weight excluding hydrogens is 252 g/mol. The lowest BCUT2D eigenvalue weighted by molar-refractivity contribution is 0.0963. The summed E-state index contributed by atoms with van der Waals surface area (Å²) >= 11 is 5.69. The normalized spacial score (nSPS) is 9.89. The predicted molar refractivity (Wildman–Crippen MR) is 70.2 cm³/mol. The fourth-order valence-corrected chi connectivity index (χ4v) is 1.58. The van der Waals surface area contributed by atoms with Crippen LogP contribution < -0.4 is 10.6 Å². The zero-order valence-electron chi connectivity index (χ0n) is 9.64. The van der Waals surface area contributed by atoms with Gasteiger partial charge in [-0.05, 0) is 35.9 Å². The van der Waals surface area contributed by atoms with Crippen molar-refractivity contribution in [2.24, 2.45) is 0 Å². The first-order chi connectivity index (χ1) is 8.69. The first kappa shape index (κ1) is 12.3. The first-order valence-electron chi connectivity index (χ1n) is 5.27. The van der Waals surface area contributed by atoms with Crippen LogP contribution in [0.25, 0.3) is 0 Å². The molecule has 0 atom stereocenters. The van der Waals surface area contributed by atoms with Crippen molar-refractivity contribution in [3.05, 3.63) is 47.4 Å². The average molecular weight is 263 g/mol. The van der Waals surface area contributed by atoms with Crippen LogP contribution in [0.3, 0.4) is 0 Å². The second kappa shape index (κ2) is 5.46. The minimum Gasteiger partial charge on any atom is -0.355 e. The lowest BCUT2D eigenvalue weighted by atomic mass is 10.2. The monoisotopic (exact) mass is 262 g/mol. The van der Waals surface area contributed by atoms with E-state index in [-0.39, 0.29) is 11.2 Å². The van der Waals surface area contributed by atoms with Crippen LogP contribution in [0.15, 0.2) is 36.5 Å². The van der Waals surface area contributed by atoms with E-state index in [0.29, 0.717) is 11.4 Å². The Balaban J connectivity index is 2.22. The van der Waals surface area contributed by atoms with Gasteiger partial charge in [0, 0.05) is 24.5 Å². The molecule has 1 heterocycles. The van der Waals surface area contributed by atoms with E-state index in [1.54, 1.807) is 37.5 Å². The van der Waals surface area contributed by atoms with E-state index in [0.717, 1.165) is 5.69 Å². The number of nitrogens with one attached hydrogen (secondary N) is 2. The summed E-state index contributed by atoms with van der Waals surface area (Å²) in [6, 6.07) is 8.78. The molecule has 0 fully saturated rings. The molecule has 0 bridgehead atoms. The Morgan fingerprint density at radius 1 is 1.33 bits per heavy atom. The van der Waals surface area contributed by atoms with Crippen molar-refractivity contribution in [2.45, 2.75) is 0 Å². The summed E-state index contributed by atoms with van der Waals surface area (Å²) in [7, 11) is 1.59. The molecule has 0 aliphatic carbocycles. The van der Waals surface area contributed by atoms with Gasteiger partial charge in [0.25, 0.3) is 5.91 Å². The summed E-state index contributed by atoms with van der Waals surface area (Å²) in [6.45, 7) is 0. The van der Waals surface area contributed by atoms with Gasteiger partial charge in [-0.2, -0.15) is 0 Å². The maximum Gasteiger partial charge on any atom is 0.251 e. The smallest absolute Gasteiger partial charge is 0.251 e. The van der Waals surface area contributed by atoms with Crippen molar-refractivity contribution in [1.29, 1.82) is 0 Å². The molecule has 92 valence electrons. The van der Waals surface area contributed by atoms with E-state index in [1.807, 2.05) is 6.07 Å². The van der Waals surface area contributed by atoms with Gasteiger partial charge in [-0.25, -0.2) is 9.97 Å². The van der Waals surface area contributed by atoms with Crippen LogP contribution in [0.5, 0.6) is 0 Å². The summed E-state index contributed by atoms with van der Waals surface area (Å²) in [5.41, 5.74) is 1.33. The highest BCUT2D eigenvalue weighted by Crippen LogP contribution is 2.16. The number of halogens is 1. The first-order valence-corrected chi connectivity index (χ1v) is 5.64. The lowest BCUT2D eigenvalue weighted by Gasteiger charge is -2.07. The molecule has 6 heteroatoms. The van der Waals surface area contributed by atoms with Crippen LogP contribution in [0.2, 0.25) is 5.28 Å². The minimum atomic E-state index is -0.139. The SMILES string of the molecule is CNC(=O)c1cccc(Nc2ccnc(Cl)n2)c1. The number of rotatable bonds is 3. The van der Waals surface area contributed by atoms with Gasteiger partial charge < -0.3 is 10.6 Å². The highest BCUT2D eigenvalue weighted by molar-refractivity contribution is 6.28. The van der Waals surface area contributed by atoms with Gasteiger partial charge in [0.05, 0.1) is 0 Å². The number of benzene rings is 1. The zero-order chi connectivity index (χ0) is 13.0. The maximum atomic E-state index is 11.5. The molecule has 2 N–H and O–H groups in total. The van der Waals surface area contributed by atoms with Gasteiger partial charge in [-0.15, -0.1) is 0 Å². The standard InChI is InChI=1S/C12H11ClN4O/c1-14-11(18)8-3-2-4-9(7-8)16-10-5-6-15-12(13)17-10/h2-7H,1H3,(H,14,18)(H,15,16,17). The molecule has 18 heavy (non-hydrogen) atoms. The van der Waals surface area contributed by atoms with Crippen LogP contribution in [-0.4, -0.2) is 22.9 Å². The number of hydrogen-bond donors (Lipinski definition) is 2. The summed E-state index contributed by atoms with van der Waals surface area (Å²) in [4.78, 5) is 19.3. The van der Waals surface area contributed by atoms with Crippen molar-refractivity contribution in [1.82, 2.24) is 15.3 Å². The summed E-state index contributed by atoms with van der Waals surface area (Å²) in [5.74, 6) is 0.434. The van der Waals surface area contributed by atoms with E-state index >= 15 is 0 Å². The Bertz CT molecular complexity index is 574. The predicted octanol–water partition coefficient (Wildman–Crippen LogP) is 2.23. The molecule has 2 aromatic rings. The molecular formula is C12H11ClN4O. The van der Waals surface area contributed by atoms with Gasteiger partial charge in [0.2, 0.25) is 5.28 Å². The van der Waals surface area contributed by atoms with Crippen molar-refractivity contribution in [3.63, 3.8) is 0 Å². The molecule has 2 rings (SSSR count). The van der Waals surface area contributed by atoms with Gasteiger partial charge in [0.1, 0.15) is 5.82 Å². The third-order valence-corrected chi connectivity index (χ3v) is 2.43. The molecule has 1 aromatic heterocycles. The van der Waals surface area contributed by atoms with Gasteiger partial charge in [-0.1, -0.05) is 6.07 Å². The minimum absolute atomic E-state index is 0.139. The quantitative estimate of drug-likeness (QED) is 0.833. The third-order valence-electron chi connectivity index (χ3n) is 2.25. The molecule has 0 saturated carbocycles. The van der Waals surface area contributed by atoms with Crippen LogP contribution in [-0.2, 0) is 0 Å². The Morgan fingerprint density at radius 2 is 2.17 bits per heavy atom. The topological polar surface area (TPSA) is 66.9 Å². The number of hydrogen-bond acceptors (Lipinski definition) is 4. The molecule has 0 unspecified atom stereocenters. The van der Waals surface area contributed by atoms with Crippen LogP contribution in [0, 0.1) is 0 Å². The van der Waals surface area contributed by atoms with E-state index in [2.05, 4.69) is 20.6 Å². The molecule has 5 nitrogen and oxygen atoms in total. The number of nitrogens with zero attached hydrogens (tertiary/aromatic N) is 2. The van der Waals surface area contributed by atoms with Crippen molar-refractivity contribution >= 4 is 29.0 Å². The van der Waals surface area contributed by atoms with Crippen LogP contribution >= 0.6 is 11.6 Å². The second-order valence-electron chi connectivity index (χ2n) is 3.50. The van der Waals surface area contributed by atoms with E-state index in [9.17, 15) is 4.79 Å². The Morgan fingerprint density at radius 3 is 2.89 bits per heavy atom. The second-order valence-corrected chi connectivity index (χ2v) is 3.83. The number of carbonyl (C=O) groups is 1. The van der Waals surface area contributed by atoms with Gasteiger partial charge in [-0.3, -0.25) is 4.79 Å². The number of aromatic nitrogens is 2. The Kier molecular flexibility index (Phi) is 3.74. The molecule has 0 aliphatic heterocycles. The van der Waals surface area contributed by atoms with E-state index in [4.69, 9.17) is 11.6 Å². The van der Waals surface area contributed by atoms with Crippen molar-refractivity contribution in [2.75, 3.05) is 12.4 Å². The average Bonchev–Trinajstić information content (AvgIpc) is 2.38.